The van der Waals surface area contributed by atoms with Crippen LogP contribution in [0.25, 0.3) is 0 Å². The van der Waals surface area contributed by atoms with Gasteiger partial charge in [-0.15, -0.1) is 0 Å². The van der Waals surface area contributed by atoms with Crippen LogP contribution < -0.4 is 5.32 Å². The number of carbonyl (C=O) groups excluding carboxylic acids is 1. The van der Waals surface area contributed by atoms with Crippen molar-refractivity contribution in [1.82, 2.24) is 5.32 Å². The highest BCUT2D eigenvalue weighted by atomic mass is 16.4. The lowest BCUT2D eigenvalue weighted by atomic mass is 9.70. The number of nitrogens with one attached hydrogen (secondary N) is 1. The molecule has 1 amide bonds. The SMILES string of the molecule is N#CC1(NC(=O)O)CC(C=O)C1. The van der Waals surface area contributed by atoms with Gasteiger partial charge in [0.15, 0.2) is 0 Å². The van der Waals surface area contributed by atoms with Crippen molar-refractivity contribution >= 4 is 12.4 Å². The second-order valence-electron chi connectivity index (χ2n) is 2.93. The molecule has 0 unspecified atom stereocenters. The summed E-state index contributed by atoms with van der Waals surface area (Å²) in [6.45, 7) is 0. The van der Waals surface area contributed by atoms with Gasteiger partial charge in [0.05, 0.1) is 6.07 Å². The maximum atomic E-state index is 10.2. The van der Waals surface area contributed by atoms with E-state index >= 15 is 0 Å². The van der Waals surface area contributed by atoms with Crippen LogP contribution in [0.3, 0.4) is 0 Å². The molecule has 0 aliphatic heterocycles. The lowest BCUT2D eigenvalue weighted by molar-refractivity contribution is -0.114. The van der Waals surface area contributed by atoms with Crippen LogP contribution >= 0.6 is 0 Å². The Bertz CT molecular complexity index is 250. The number of hydrogen-bond acceptors (Lipinski definition) is 3. The smallest absolute Gasteiger partial charge is 0.405 e. The van der Waals surface area contributed by atoms with Crippen molar-refractivity contribution in [3.8, 4) is 6.07 Å². The monoisotopic (exact) mass is 168 g/mol. The third kappa shape index (κ3) is 1.37. The van der Waals surface area contributed by atoms with Gasteiger partial charge in [-0.3, -0.25) is 0 Å². The molecule has 2 N–H and O–H groups in total. The van der Waals surface area contributed by atoms with Crippen LogP contribution in [-0.4, -0.2) is 23.0 Å². The van der Waals surface area contributed by atoms with Crippen molar-refractivity contribution in [3.05, 3.63) is 0 Å². The summed E-state index contributed by atoms with van der Waals surface area (Å²) < 4.78 is 0. The van der Waals surface area contributed by atoms with E-state index in [4.69, 9.17) is 10.4 Å². The van der Waals surface area contributed by atoms with Crippen LogP contribution in [0.2, 0.25) is 0 Å². The van der Waals surface area contributed by atoms with Crippen LogP contribution in [0.1, 0.15) is 12.8 Å². The second-order valence-corrected chi connectivity index (χ2v) is 2.93. The van der Waals surface area contributed by atoms with E-state index in [9.17, 15) is 9.59 Å². The molecule has 1 fully saturated rings. The number of amides is 1. The highest BCUT2D eigenvalue weighted by Gasteiger charge is 2.45. The molecular weight excluding hydrogens is 160 g/mol. The number of nitrogens with zero attached hydrogens (tertiary/aromatic N) is 1. The third-order valence-electron chi connectivity index (χ3n) is 1.97. The Balaban J connectivity index is 2.54. The van der Waals surface area contributed by atoms with Gasteiger partial charge in [-0.25, -0.2) is 4.79 Å². The molecule has 1 rings (SSSR count). The molecule has 5 heteroatoms. The third-order valence-corrected chi connectivity index (χ3v) is 1.97. The van der Waals surface area contributed by atoms with E-state index in [1.54, 1.807) is 0 Å². The number of hydrogen-bond donors (Lipinski definition) is 2. The minimum absolute atomic E-state index is 0.170. The molecule has 0 atom stereocenters. The van der Waals surface area contributed by atoms with Gasteiger partial charge in [-0.2, -0.15) is 5.26 Å². The van der Waals surface area contributed by atoms with Crippen molar-refractivity contribution in [2.75, 3.05) is 0 Å². The number of aldehydes is 1. The maximum Gasteiger partial charge on any atom is 0.405 e. The molecule has 64 valence electrons. The van der Waals surface area contributed by atoms with E-state index in [2.05, 4.69) is 5.32 Å². The van der Waals surface area contributed by atoms with Crippen LogP contribution in [0.5, 0.6) is 0 Å². The highest BCUT2D eigenvalue weighted by Crippen LogP contribution is 2.35. The first-order chi connectivity index (χ1) is 5.62. The van der Waals surface area contributed by atoms with Crippen molar-refractivity contribution in [2.45, 2.75) is 18.4 Å². The quantitative estimate of drug-likeness (QED) is 0.573. The summed E-state index contributed by atoms with van der Waals surface area (Å²) in [6, 6.07) is 1.86. The molecule has 1 saturated carbocycles. The standard InChI is InChI=1S/C7H8N2O3/c8-4-7(9-6(11)12)1-5(2-7)3-10/h3,5,9H,1-2H2,(H,11,12). The largest absolute Gasteiger partial charge is 0.465 e. The summed E-state index contributed by atoms with van der Waals surface area (Å²) in [7, 11) is 0. The predicted molar refractivity (Wildman–Crippen MR) is 38.3 cm³/mol. The summed E-state index contributed by atoms with van der Waals surface area (Å²) in [5, 5.41) is 19.1. The van der Waals surface area contributed by atoms with Crippen molar-refractivity contribution in [1.29, 1.82) is 5.26 Å². The Morgan fingerprint density at radius 1 is 1.75 bits per heavy atom. The fourth-order valence-corrected chi connectivity index (χ4v) is 1.36. The Hall–Kier alpha value is -1.57. The molecule has 0 radical (unpaired) electrons. The van der Waals surface area contributed by atoms with Crippen LogP contribution in [0, 0.1) is 17.2 Å². The van der Waals surface area contributed by atoms with E-state index in [1.807, 2.05) is 6.07 Å². The Morgan fingerprint density at radius 3 is 2.67 bits per heavy atom. The minimum atomic E-state index is -1.22. The van der Waals surface area contributed by atoms with Crippen molar-refractivity contribution in [2.24, 2.45) is 5.92 Å². The van der Waals surface area contributed by atoms with Gasteiger partial charge in [-0.1, -0.05) is 0 Å². The molecule has 5 nitrogen and oxygen atoms in total. The summed E-state index contributed by atoms with van der Waals surface area (Å²) in [5.74, 6) is -0.170. The number of carbonyl (C=O) groups is 2. The fraction of sp³-hybridized carbons (Fsp3) is 0.571. The van der Waals surface area contributed by atoms with Crippen LogP contribution in [0.15, 0.2) is 0 Å². The molecule has 0 heterocycles. The van der Waals surface area contributed by atoms with Gasteiger partial charge in [0.2, 0.25) is 0 Å². The molecule has 1 aliphatic carbocycles. The van der Waals surface area contributed by atoms with Gasteiger partial charge < -0.3 is 15.2 Å². The van der Waals surface area contributed by atoms with Gasteiger partial charge >= 0.3 is 6.09 Å². The zero-order chi connectivity index (χ0) is 9.19. The van der Waals surface area contributed by atoms with Crippen LogP contribution in [0.4, 0.5) is 4.79 Å². The zero-order valence-electron chi connectivity index (χ0n) is 6.28. The summed E-state index contributed by atoms with van der Waals surface area (Å²) in [5.41, 5.74) is -1.02. The summed E-state index contributed by atoms with van der Waals surface area (Å²) in [4.78, 5) is 20.4. The highest BCUT2D eigenvalue weighted by molar-refractivity contribution is 5.68. The lowest BCUT2D eigenvalue weighted by Crippen LogP contribution is -2.56. The molecule has 0 saturated heterocycles. The molecular formula is C7H8N2O3. The molecule has 0 bridgehead atoms. The summed E-state index contributed by atoms with van der Waals surface area (Å²) >= 11 is 0. The number of rotatable bonds is 2. The zero-order valence-corrected chi connectivity index (χ0v) is 6.28. The Kier molecular flexibility index (Phi) is 2.00. The van der Waals surface area contributed by atoms with E-state index in [0.717, 1.165) is 6.29 Å². The van der Waals surface area contributed by atoms with E-state index in [0.29, 0.717) is 12.8 Å². The molecule has 0 aromatic rings. The maximum absolute atomic E-state index is 10.2. The Morgan fingerprint density at radius 2 is 2.33 bits per heavy atom. The number of nitriles is 1. The fourth-order valence-electron chi connectivity index (χ4n) is 1.36. The first kappa shape index (κ1) is 8.53. The van der Waals surface area contributed by atoms with Gasteiger partial charge in [0.25, 0.3) is 0 Å². The van der Waals surface area contributed by atoms with E-state index in [-0.39, 0.29) is 5.92 Å². The Labute approximate surface area is 69.0 Å². The second kappa shape index (κ2) is 2.81. The normalized spacial score (nSPS) is 32.8. The molecule has 0 aromatic carbocycles. The van der Waals surface area contributed by atoms with Crippen molar-refractivity contribution < 1.29 is 14.7 Å². The topological polar surface area (TPSA) is 90.2 Å². The predicted octanol–water partition coefficient (Wildman–Crippen LogP) is 0.125. The molecule has 0 aromatic heterocycles. The lowest BCUT2D eigenvalue weighted by Gasteiger charge is -2.39. The summed E-state index contributed by atoms with van der Waals surface area (Å²) in [6.07, 6.45) is 0.110. The van der Waals surface area contributed by atoms with Crippen molar-refractivity contribution in [3.63, 3.8) is 0 Å². The van der Waals surface area contributed by atoms with Gasteiger partial charge in [0.1, 0.15) is 11.8 Å². The number of carboxylic acid groups (broad SMARTS) is 1. The first-order valence-electron chi connectivity index (χ1n) is 3.49. The average Bonchev–Trinajstić information content (AvgIpc) is 1.95. The van der Waals surface area contributed by atoms with Gasteiger partial charge in [0, 0.05) is 5.92 Å². The first-order valence-corrected chi connectivity index (χ1v) is 3.49. The van der Waals surface area contributed by atoms with E-state index in [1.165, 1.54) is 0 Å². The average molecular weight is 168 g/mol. The molecule has 1 aliphatic rings. The minimum Gasteiger partial charge on any atom is -0.465 e. The molecule has 12 heavy (non-hydrogen) atoms. The molecule has 0 spiro atoms. The van der Waals surface area contributed by atoms with Crippen LogP contribution in [-0.2, 0) is 4.79 Å². The van der Waals surface area contributed by atoms with Gasteiger partial charge in [-0.05, 0) is 12.8 Å². The van der Waals surface area contributed by atoms with E-state index < -0.39 is 11.6 Å².